The summed E-state index contributed by atoms with van der Waals surface area (Å²) in [6, 6.07) is 5.75. The fraction of sp³-hybridized carbons (Fsp3) is 0.450. The first kappa shape index (κ1) is 17.2. The van der Waals surface area contributed by atoms with Crippen LogP contribution < -0.4 is 4.90 Å². The van der Waals surface area contributed by atoms with Crippen molar-refractivity contribution in [1.82, 2.24) is 9.88 Å². The third kappa shape index (κ3) is 2.92. The van der Waals surface area contributed by atoms with E-state index in [1.54, 1.807) is 17.5 Å². The van der Waals surface area contributed by atoms with Crippen LogP contribution in [0.5, 0.6) is 0 Å². The lowest BCUT2D eigenvalue weighted by atomic mass is 9.78. The molecule has 5 nitrogen and oxygen atoms in total. The number of rotatable bonds is 3. The Kier molecular flexibility index (Phi) is 4.53. The number of likely N-dealkylation sites (tertiary alicyclic amines) is 1. The van der Waals surface area contributed by atoms with Crippen molar-refractivity contribution in [3.8, 4) is 0 Å². The summed E-state index contributed by atoms with van der Waals surface area (Å²) in [4.78, 5) is 34.1. The van der Waals surface area contributed by atoms with Crippen LogP contribution in [-0.2, 0) is 11.2 Å². The van der Waals surface area contributed by atoms with Gasteiger partial charge in [-0.05, 0) is 49.3 Å². The average Bonchev–Trinajstić information content (AvgIpc) is 3.31. The van der Waals surface area contributed by atoms with Gasteiger partial charge in [0, 0.05) is 36.9 Å². The lowest BCUT2D eigenvalue weighted by Gasteiger charge is -2.39. The van der Waals surface area contributed by atoms with Crippen molar-refractivity contribution in [2.45, 2.75) is 32.6 Å². The third-order valence-corrected chi connectivity index (χ3v) is 6.30. The van der Waals surface area contributed by atoms with Crippen molar-refractivity contribution in [1.29, 1.82) is 0 Å². The van der Waals surface area contributed by atoms with E-state index in [0.717, 1.165) is 43.6 Å². The summed E-state index contributed by atoms with van der Waals surface area (Å²) in [7, 11) is 0. The largest absolute Gasteiger partial charge is 0.338 e. The van der Waals surface area contributed by atoms with Gasteiger partial charge >= 0.3 is 0 Å². The lowest BCUT2D eigenvalue weighted by molar-refractivity contribution is -0.127. The number of hydrogen-bond donors (Lipinski definition) is 0. The summed E-state index contributed by atoms with van der Waals surface area (Å²) in [5, 5.41) is 4.01. The number of amides is 2. The van der Waals surface area contributed by atoms with E-state index in [0.29, 0.717) is 18.7 Å². The van der Waals surface area contributed by atoms with Crippen LogP contribution in [0.25, 0.3) is 0 Å². The van der Waals surface area contributed by atoms with Crippen molar-refractivity contribution in [2.75, 3.05) is 24.5 Å². The second-order valence-corrected chi connectivity index (χ2v) is 7.97. The molecule has 0 radical (unpaired) electrons. The molecule has 0 aliphatic carbocycles. The quantitative estimate of drug-likeness (QED) is 0.834. The van der Waals surface area contributed by atoms with E-state index in [-0.39, 0.29) is 11.8 Å². The number of aryl methyl sites for hydroxylation is 1. The van der Waals surface area contributed by atoms with Crippen LogP contribution in [0, 0.1) is 5.41 Å². The molecule has 2 fully saturated rings. The first-order valence-electron chi connectivity index (χ1n) is 9.21. The van der Waals surface area contributed by atoms with Crippen LogP contribution in [0.1, 0.15) is 42.2 Å². The predicted octanol–water partition coefficient (Wildman–Crippen LogP) is 3.36. The average molecular weight is 369 g/mol. The molecule has 26 heavy (non-hydrogen) atoms. The summed E-state index contributed by atoms with van der Waals surface area (Å²) >= 11 is 1.60. The smallest absolute Gasteiger partial charge is 0.255 e. The molecular formula is C20H23N3O2S. The van der Waals surface area contributed by atoms with Gasteiger partial charge in [0.05, 0.1) is 16.7 Å². The summed E-state index contributed by atoms with van der Waals surface area (Å²) in [6.07, 6.45) is 5.07. The van der Waals surface area contributed by atoms with Crippen LogP contribution in [0.4, 0.5) is 5.69 Å². The van der Waals surface area contributed by atoms with Crippen molar-refractivity contribution in [3.63, 3.8) is 0 Å². The van der Waals surface area contributed by atoms with Crippen molar-refractivity contribution < 1.29 is 9.59 Å². The van der Waals surface area contributed by atoms with Gasteiger partial charge in [0.2, 0.25) is 5.91 Å². The minimum Gasteiger partial charge on any atom is -0.338 e. The van der Waals surface area contributed by atoms with Crippen molar-refractivity contribution in [2.24, 2.45) is 5.41 Å². The Morgan fingerprint density at radius 2 is 2.15 bits per heavy atom. The van der Waals surface area contributed by atoms with E-state index < -0.39 is 5.41 Å². The number of carbonyl (C=O) groups excluding carboxylic acids is 2. The molecule has 0 bridgehead atoms. The minimum absolute atomic E-state index is 0.0130. The standard InChI is InChI=1S/C20H23N3O2S/c1-2-16-5-4-15(12-21-16)18(24)22-9-3-7-20(14-22)8-10-23(19(20)25)17-6-11-26-13-17/h4-6,11-13H,2-3,7-10,14H2,1H3. The van der Waals surface area contributed by atoms with Crippen LogP contribution in [0.2, 0.25) is 0 Å². The van der Waals surface area contributed by atoms with Gasteiger partial charge in [-0.1, -0.05) is 6.92 Å². The van der Waals surface area contributed by atoms with Crippen molar-refractivity contribution >= 4 is 28.8 Å². The molecule has 0 saturated carbocycles. The van der Waals surface area contributed by atoms with Gasteiger partial charge in [0.25, 0.3) is 5.91 Å². The Hall–Kier alpha value is -2.21. The second-order valence-electron chi connectivity index (χ2n) is 7.19. The minimum atomic E-state index is -0.424. The highest BCUT2D eigenvalue weighted by molar-refractivity contribution is 7.08. The molecule has 1 atom stereocenters. The van der Waals surface area contributed by atoms with E-state index >= 15 is 0 Å². The molecule has 6 heteroatoms. The van der Waals surface area contributed by atoms with Crippen LogP contribution in [0.3, 0.4) is 0 Å². The maximum Gasteiger partial charge on any atom is 0.255 e. The molecule has 2 amide bonds. The maximum atomic E-state index is 13.1. The molecular weight excluding hydrogens is 346 g/mol. The van der Waals surface area contributed by atoms with E-state index in [4.69, 9.17) is 0 Å². The Balaban J connectivity index is 1.52. The lowest BCUT2D eigenvalue weighted by Crippen LogP contribution is -2.49. The number of hydrogen-bond acceptors (Lipinski definition) is 4. The van der Waals surface area contributed by atoms with E-state index in [2.05, 4.69) is 4.98 Å². The number of piperidine rings is 1. The summed E-state index contributed by atoms with van der Waals surface area (Å²) in [6.45, 7) is 4.01. The highest BCUT2D eigenvalue weighted by Gasteiger charge is 2.50. The van der Waals surface area contributed by atoms with E-state index in [1.165, 1.54) is 0 Å². The van der Waals surface area contributed by atoms with Gasteiger partial charge in [-0.15, -0.1) is 0 Å². The molecule has 2 saturated heterocycles. The van der Waals surface area contributed by atoms with Crippen LogP contribution in [0.15, 0.2) is 35.2 Å². The maximum absolute atomic E-state index is 13.1. The SMILES string of the molecule is CCc1ccc(C(=O)N2CCCC3(CCN(c4ccsc4)C3=O)C2)cn1. The first-order valence-corrected chi connectivity index (χ1v) is 10.2. The highest BCUT2D eigenvalue weighted by Crippen LogP contribution is 2.42. The molecule has 2 aliphatic rings. The monoisotopic (exact) mass is 369 g/mol. The molecule has 2 aromatic heterocycles. The Morgan fingerprint density at radius 3 is 2.85 bits per heavy atom. The number of thiophene rings is 1. The number of pyridine rings is 1. The Morgan fingerprint density at radius 1 is 1.27 bits per heavy atom. The van der Waals surface area contributed by atoms with Crippen LogP contribution in [-0.4, -0.2) is 41.3 Å². The van der Waals surface area contributed by atoms with Gasteiger partial charge in [0.1, 0.15) is 0 Å². The Bertz CT molecular complexity index is 803. The third-order valence-electron chi connectivity index (χ3n) is 5.63. The van der Waals surface area contributed by atoms with Crippen molar-refractivity contribution in [3.05, 3.63) is 46.4 Å². The molecule has 4 heterocycles. The number of carbonyl (C=O) groups is 2. The fourth-order valence-electron chi connectivity index (χ4n) is 4.10. The molecule has 1 spiro atoms. The number of aromatic nitrogens is 1. The summed E-state index contributed by atoms with van der Waals surface area (Å²) < 4.78 is 0. The molecule has 1 unspecified atom stereocenters. The van der Waals surface area contributed by atoms with Gasteiger partial charge in [-0.25, -0.2) is 0 Å². The molecule has 136 valence electrons. The summed E-state index contributed by atoms with van der Waals surface area (Å²) in [5.74, 6) is 0.161. The molecule has 4 rings (SSSR count). The Labute approximate surface area is 157 Å². The van der Waals surface area contributed by atoms with Crippen LogP contribution >= 0.6 is 11.3 Å². The van der Waals surface area contributed by atoms with Gasteiger partial charge < -0.3 is 9.80 Å². The molecule has 2 aromatic rings. The first-order chi connectivity index (χ1) is 12.6. The van der Waals surface area contributed by atoms with Gasteiger partial charge in [-0.3, -0.25) is 14.6 Å². The zero-order chi connectivity index (χ0) is 18.1. The zero-order valence-corrected chi connectivity index (χ0v) is 15.8. The predicted molar refractivity (Wildman–Crippen MR) is 102 cm³/mol. The topological polar surface area (TPSA) is 53.5 Å². The second kappa shape index (κ2) is 6.83. The summed E-state index contributed by atoms with van der Waals surface area (Å²) in [5.41, 5.74) is 2.15. The van der Waals surface area contributed by atoms with Gasteiger partial charge in [0.15, 0.2) is 0 Å². The molecule has 0 aromatic carbocycles. The normalized spacial score (nSPS) is 23.0. The van der Waals surface area contributed by atoms with Gasteiger partial charge in [-0.2, -0.15) is 11.3 Å². The number of nitrogens with zero attached hydrogens (tertiary/aromatic N) is 3. The van der Waals surface area contributed by atoms with E-state index in [9.17, 15) is 9.59 Å². The highest BCUT2D eigenvalue weighted by atomic mass is 32.1. The molecule has 0 N–H and O–H groups in total. The van der Waals surface area contributed by atoms with E-state index in [1.807, 2.05) is 45.7 Å². The molecule has 2 aliphatic heterocycles. The zero-order valence-electron chi connectivity index (χ0n) is 15.0. The number of anilines is 1. The fourth-order valence-corrected chi connectivity index (χ4v) is 4.75.